The van der Waals surface area contributed by atoms with Crippen LogP contribution in [0.1, 0.15) is 53.4 Å². The van der Waals surface area contributed by atoms with Crippen molar-refractivity contribution in [2.75, 3.05) is 13.1 Å². The molecule has 0 aromatic rings. The first-order valence-electron chi connectivity index (χ1n) is 6.75. The fraction of sp³-hybridized carbons (Fsp3) is 1.00. The molecule has 0 aromatic carbocycles. The van der Waals surface area contributed by atoms with Gasteiger partial charge in [0.05, 0.1) is 0 Å². The Hall–Kier alpha value is -0.0800. The molecule has 0 spiro atoms. The number of nitrogens with zero attached hydrogens (tertiary/aromatic N) is 1. The molecule has 1 aliphatic rings. The van der Waals surface area contributed by atoms with Gasteiger partial charge in [0, 0.05) is 31.2 Å². The maximum Gasteiger partial charge on any atom is 0.0221 e. The van der Waals surface area contributed by atoms with Gasteiger partial charge in [0.15, 0.2) is 0 Å². The largest absolute Gasteiger partial charge is 0.311 e. The molecule has 90 valence electrons. The van der Waals surface area contributed by atoms with Crippen molar-refractivity contribution in [2.24, 2.45) is 0 Å². The number of hydrogen-bond donors (Lipinski definition) is 1. The molecule has 0 aliphatic carbocycles. The summed E-state index contributed by atoms with van der Waals surface area (Å²) in [5, 5.41) is 3.66. The quantitative estimate of drug-likeness (QED) is 0.753. The number of piperazine rings is 1. The topological polar surface area (TPSA) is 15.3 Å². The SMILES string of the molecule is CCC1CN(C(CC)CC)C(CC)CN1. The van der Waals surface area contributed by atoms with Gasteiger partial charge in [0.25, 0.3) is 0 Å². The van der Waals surface area contributed by atoms with Crippen LogP contribution in [0.5, 0.6) is 0 Å². The average molecular weight is 212 g/mol. The van der Waals surface area contributed by atoms with Crippen molar-refractivity contribution >= 4 is 0 Å². The van der Waals surface area contributed by atoms with Crippen LogP contribution in [0.15, 0.2) is 0 Å². The smallest absolute Gasteiger partial charge is 0.0221 e. The van der Waals surface area contributed by atoms with E-state index >= 15 is 0 Å². The molecule has 1 saturated heterocycles. The highest BCUT2D eigenvalue weighted by Gasteiger charge is 2.29. The van der Waals surface area contributed by atoms with Gasteiger partial charge in [0.1, 0.15) is 0 Å². The van der Waals surface area contributed by atoms with Gasteiger partial charge < -0.3 is 5.32 Å². The lowest BCUT2D eigenvalue weighted by Crippen LogP contribution is -2.58. The van der Waals surface area contributed by atoms with Crippen molar-refractivity contribution in [2.45, 2.75) is 71.5 Å². The second-order valence-electron chi connectivity index (χ2n) is 4.74. The third kappa shape index (κ3) is 3.18. The van der Waals surface area contributed by atoms with E-state index in [9.17, 15) is 0 Å². The highest BCUT2D eigenvalue weighted by Crippen LogP contribution is 2.19. The summed E-state index contributed by atoms with van der Waals surface area (Å²) in [6.07, 6.45) is 5.12. The second kappa shape index (κ2) is 6.49. The van der Waals surface area contributed by atoms with E-state index in [0.29, 0.717) is 6.04 Å². The summed E-state index contributed by atoms with van der Waals surface area (Å²) in [6, 6.07) is 2.28. The predicted molar refractivity (Wildman–Crippen MR) is 67.2 cm³/mol. The van der Waals surface area contributed by atoms with Crippen LogP contribution in [0, 0.1) is 0 Å². The van der Waals surface area contributed by atoms with Crippen LogP contribution in [0.4, 0.5) is 0 Å². The molecule has 1 aliphatic heterocycles. The van der Waals surface area contributed by atoms with Gasteiger partial charge >= 0.3 is 0 Å². The Morgan fingerprint density at radius 1 is 1.13 bits per heavy atom. The Kier molecular flexibility index (Phi) is 5.62. The lowest BCUT2D eigenvalue weighted by atomic mass is 10.00. The molecule has 0 amide bonds. The summed E-state index contributed by atoms with van der Waals surface area (Å²) < 4.78 is 0. The van der Waals surface area contributed by atoms with E-state index in [0.717, 1.165) is 12.1 Å². The van der Waals surface area contributed by atoms with Gasteiger partial charge in [-0.1, -0.05) is 27.7 Å². The first-order valence-corrected chi connectivity index (χ1v) is 6.75. The standard InChI is InChI=1S/C13H28N2/c1-5-11-10-15(12(6-2)7-3)13(8-4)9-14-11/h11-14H,5-10H2,1-4H3. The summed E-state index contributed by atoms with van der Waals surface area (Å²) in [5.74, 6) is 0. The van der Waals surface area contributed by atoms with Crippen LogP contribution in [-0.2, 0) is 0 Å². The normalized spacial score (nSPS) is 28.6. The van der Waals surface area contributed by atoms with Crippen LogP contribution < -0.4 is 5.32 Å². The average Bonchev–Trinajstić information content (AvgIpc) is 2.30. The Bertz CT molecular complexity index is 158. The predicted octanol–water partition coefficient (Wildman–Crippen LogP) is 2.64. The zero-order valence-electron chi connectivity index (χ0n) is 10.9. The van der Waals surface area contributed by atoms with Gasteiger partial charge in [-0.25, -0.2) is 0 Å². The van der Waals surface area contributed by atoms with Crippen LogP contribution >= 0.6 is 0 Å². The molecule has 1 fully saturated rings. The van der Waals surface area contributed by atoms with E-state index < -0.39 is 0 Å². The highest BCUT2D eigenvalue weighted by molar-refractivity contribution is 4.88. The molecule has 0 aromatic heterocycles. The van der Waals surface area contributed by atoms with E-state index in [1.807, 2.05) is 0 Å². The van der Waals surface area contributed by atoms with Crippen molar-refractivity contribution in [3.8, 4) is 0 Å². The minimum atomic E-state index is 0.716. The van der Waals surface area contributed by atoms with E-state index in [1.165, 1.54) is 38.8 Å². The fourth-order valence-electron chi connectivity index (χ4n) is 2.75. The first-order chi connectivity index (χ1) is 7.26. The third-order valence-corrected chi connectivity index (χ3v) is 3.92. The van der Waals surface area contributed by atoms with E-state index in [4.69, 9.17) is 0 Å². The highest BCUT2D eigenvalue weighted by atomic mass is 15.3. The van der Waals surface area contributed by atoms with Crippen LogP contribution in [0.3, 0.4) is 0 Å². The van der Waals surface area contributed by atoms with Crippen LogP contribution in [0.2, 0.25) is 0 Å². The molecule has 1 N–H and O–H groups in total. The van der Waals surface area contributed by atoms with Crippen molar-refractivity contribution in [1.29, 1.82) is 0 Å². The fourth-order valence-corrected chi connectivity index (χ4v) is 2.75. The Morgan fingerprint density at radius 2 is 1.80 bits per heavy atom. The summed E-state index contributed by atoms with van der Waals surface area (Å²) in [6.45, 7) is 11.7. The van der Waals surface area contributed by atoms with Gasteiger partial charge in [-0.3, -0.25) is 4.90 Å². The lowest BCUT2D eigenvalue weighted by Gasteiger charge is -2.44. The molecule has 0 radical (unpaired) electrons. The van der Waals surface area contributed by atoms with Crippen LogP contribution in [0.25, 0.3) is 0 Å². The summed E-state index contributed by atoms with van der Waals surface area (Å²) in [5.41, 5.74) is 0. The molecule has 15 heavy (non-hydrogen) atoms. The maximum absolute atomic E-state index is 3.66. The molecule has 2 atom stereocenters. The molecular formula is C13H28N2. The van der Waals surface area contributed by atoms with Gasteiger partial charge in [-0.2, -0.15) is 0 Å². The van der Waals surface area contributed by atoms with Gasteiger partial charge in [0.2, 0.25) is 0 Å². The molecule has 2 nitrogen and oxygen atoms in total. The van der Waals surface area contributed by atoms with E-state index in [2.05, 4.69) is 37.9 Å². The Balaban J connectivity index is 2.61. The minimum absolute atomic E-state index is 0.716. The Morgan fingerprint density at radius 3 is 2.27 bits per heavy atom. The summed E-state index contributed by atoms with van der Waals surface area (Å²) in [4.78, 5) is 2.75. The second-order valence-corrected chi connectivity index (χ2v) is 4.74. The van der Waals surface area contributed by atoms with E-state index in [-0.39, 0.29) is 0 Å². The summed E-state index contributed by atoms with van der Waals surface area (Å²) >= 11 is 0. The number of rotatable bonds is 5. The third-order valence-electron chi connectivity index (χ3n) is 3.92. The molecule has 2 heteroatoms. The maximum atomic E-state index is 3.66. The monoisotopic (exact) mass is 212 g/mol. The molecule has 0 saturated carbocycles. The number of hydrogen-bond acceptors (Lipinski definition) is 2. The first kappa shape index (κ1) is 13.0. The Labute approximate surface area is 95.4 Å². The number of nitrogens with one attached hydrogen (secondary N) is 1. The van der Waals surface area contributed by atoms with Crippen LogP contribution in [-0.4, -0.2) is 36.1 Å². The minimum Gasteiger partial charge on any atom is -0.311 e. The molecule has 1 heterocycles. The van der Waals surface area contributed by atoms with E-state index in [1.54, 1.807) is 0 Å². The van der Waals surface area contributed by atoms with Crippen molar-refractivity contribution < 1.29 is 0 Å². The molecule has 2 unspecified atom stereocenters. The summed E-state index contributed by atoms with van der Waals surface area (Å²) in [7, 11) is 0. The van der Waals surface area contributed by atoms with Gasteiger partial charge in [-0.15, -0.1) is 0 Å². The molecular weight excluding hydrogens is 184 g/mol. The van der Waals surface area contributed by atoms with Crippen molar-refractivity contribution in [3.05, 3.63) is 0 Å². The molecule has 1 rings (SSSR count). The zero-order valence-corrected chi connectivity index (χ0v) is 10.9. The van der Waals surface area contributed by atoms with Gasteiger partial charge in [-0.05, 0) is 25.7 Å². The molecule has 0 bridgehead atoms. The zero-order chi connectivity index (χ0) is 11.3. The van der Waals surface area contributed by atoms with Crippen molar-refractivity contribution in [1.82, 2.24) is 10.2 Å². The van der Waals surface area contributed by atoms with Crippen molar-refractivity contribution in [3.63, 3.8) is 0 Å². The lowest BCUT2D eigenvalue weighted by molar-refractivity contribution is 0.0732.